The molecular formula is C20H19FN2O3. The van der Waals surface area contributed by atoms with Gasteiger partial charge in [0.15, 0.2) is 5.78 Å². The molecule has 0 radical (unpaired) electrons. The van der Waals surface area contributed by atoms with E-state index in [1.807, 2.05) is 24.3 Å². The molecule has 0 unspecified atom stereocenters. The molecule has 1 amide bonds. The van der Waals surface area contributed by atoms with Crippen molar-refractivity contribution in [2.24, 2.45) is 0 Å². The van der Waals surface area contributed by atoms with E-state index < -0.39 is 5.82 Å². The first kappa shape index (κ1) is 17.7. The molecule has 5 nitrogen and oxygen atoms in total. The van der Waals surface area contributed by atoms with Crippen molar-refractivity contribution >= 4 is 22.6 Å². The van der Waals surface area contributed by atoms with Crippen LogP contribution in [0.4, 0.5) is 4.39 Å². The number of rotatable bonds is 7. The Balaban J connectivity index is 1.50. The first-order chi connectivity index (χ1) is 12.5. The molecule has 0 aliphatic rings. The van der Waals surface area contributed by atoms with E-state index in [0.29, 0.717) is 12.1 Å². The fraction of sp³-hybridized carbons (Fsp3) is 0.200. The summed E-state index contributed by atoms with van der Waals surface area (Å²) in [6.07, 6.45) is 0.172. The molecule has 1 aromatic heterocycles. The quantitative estimate of drug-likeness (QED) is 0.637. The first-order valence-electron chi connectivity index (χ1n) is 8.26. The minimum atomic E-state index is -0.393. The highest BCUT2D eigenvalue weighted by molar-refractivity contribution is 5.97. The molecule has 6 heteroatoms. The van der Waals surface area contributed by atoms with Gasteiger partial charge in [0.1, 0.15) is 11.6 Å². The van der Waals surface area contributed by atoms with E-state index in [0.717, 1.165) is 22.3 Å². The fourth-order valence-electron chi connectivity index (χ4n) is 2.68. The third kappa shape index (κ3) is 4.27. The van der Waals surface area contributed by atoms with Crippen LogP contribution in [-0.2, 0) is 11.3 Å². The number of halogens is 1. The van der Waals surface area contributed by atoms with E-state index in [9.17, 15) is 14.0 Å². The Morgan fingerprint density at radius 2 is 1.85 bits per heavy atom. The van der Waals surface area contributed by atoms with Gasteiger partial charge in [-0.05, 0) is 48.5 Å². The maximum atomic E-state index is 12.9. The number of carbonyl (C=O) groups excluding carboxylic acids is 2. The summed E-state index contributed by atoms with van der Waals surface area (Å²) in [5.74, 6) is -0.0174. The average Bonchev–Trinajstić information content (AvgIpc) is 3.07. The number of benzene rings is 2. The maximum Gasteiger partial charge on any atom is 0.220 e. The number of Topliss-reactive ketones (excluding diaryl/α,β-unsaturated/α-hetero) is 1. The number of nitrogens with one attached hydrogen (secondary N) is 2. The highest BCUT2D eigenvalue weighted by atomic mass is 19.1. The Morgan fingerprint density at radius 3 is 2.58 bits per heavy atom. The van der Waals surface area contributed by atoms with E-state index >= 15 is 0 Å². The number of aromatic amines is 1. The standard InChI is InChI=1S/C20H19FN2O3/c1-26-17-6-7-18-14(11-17)10-16(23-18)12-22-20(25)9-8-19(24)13-2-4-15(21)5-3-13/h2-7,10-11,23H,8-9,12H2,1H3,(H,22,25). The van der Waals surface area contributed by atoms with Gasteiger partial charge < -0.3 is 15.0 Å². The Hall–Kier alpha value is -3.15. The predicted molar refractivity (Wildman–Crippen MR) is 96.7 cm³/mol. The van der Waals surface area contributed by atoms with Gasteiger partial charge in [-0.25, -0.2) is 4.39 Å². The van der Waals surface area contributed by atoms with Crippen LogP contribution in [0.1, 0.15) is 28.9 Å². The maximum absolute atomic E-state index is 12.9. The molecule has 0 atom stereocenters. The van der Waals surface area contributed by atoms with Gasteiger partial charge in [0, 0.05) is 35.0 Å². The Bertz CT molecular complexity index is 932. The van der Waals surface area contributed by atoms with Crippen LogP contribution in [-0.4, -0.2) is 23.8 Å². The number of methoxy groups -OCH3 is 1. The van der Waals surface area contributed by atoms with Crippen LogP contribution < -0.4 is 10.1 Å². The number of aromatic nitrogens is 1. The molecule has 134 valence electrons. The lowest BCUT2D eigenvalue weighted by Crippen LogP contribution is -2.23. The Labute approximate surface area is 150 Å². The summed E-state index contributed by atoms with van der Waals surface area (Å²) in [6.45, 7) is 0.348. The normalized spacial score (nSPS) is 10.7. The van der Waals surface area contributed by atoms with Crippen molar-refractivity contribution in [3.05, 3.63) is 65.6 Å². The molecular weight excluding hydrogens is 335 g/mol. The van der Waals surface area contributed by atoms with Crippen LogP contribution in [0.25, 0.3) is 10.9 Å². The van der Waals surface area contributed by atoms with Crippen molar-refractivity contribution in [1.29, 1.82) is 0 Å². The predicted octanol–water partition coefficient (Wildman–Crippen LogP) is 3.59. The summed E-state index contributed by atoms with van der Waals surface area (Å²) in [7, 11) is 1.61. The largest absolute Gasteiger partial charge is 0.497 e. The zero-order chi connectivity index (χ0) is 18.5. The number of fused-ring (bicyclic) bond motifs is 1. The molecule has 2 N–H and O–H groups in total. The van der Waals surface area contributed by atoms with Crippen molar-refractivity contribution < 1.29 is 18.7 Å². The number of ketones is 1. The van der Waals surface area contributed by atoms with Crippen LogP contribution in [0, 0.1) is 5.82 Å². The van der Waals surface area contributed by atoms with Crippen molar-refractivity contribution in [3.63, 3.8) is 0 Å². The molecule has 1 heterocycles. The zero-order valence-electron chi connectivity index (χ0n) is 14.3. The molecule has 0 spiro atoms. The van der Waals surface area contributed by atoms with Gasteiger partial charge in [-0.3, -0.25) is 9.59 Å². The van der Waals surface area contributed by atoms with Crippen molar-refractivity contribution in [1.82, 2.24) is 10.3 Å². The molecule has 0 fully saturated rings. The monoisotopic (exact) mass is 354 g/mol. The van der Waals surface area contributed by atoms with Gasteiger partial charge in [0.25, 0.3) is 0 Å². The van der Waals surface area contributed by atoms with E-state index in [2.05, 4.69) is 10.3 Å². The summed E-state index contributed by atoms with van der Waals surface area (Å²) in [5, 5.41) is 3.79. The highest BCUT2D eigenvalue weighted by Crippen LogP contribution is 2.21. The lowest BCUT2D eigenvalue weighted by atomic mass is 10.1. The molecule has 0 aliphatic heterocycles. The van der Waals surface area contributed by atoms with Gasteiger partial charge in [-0.2, -0.15) is 0 Å². The Kier molecular flexibility index (Phi) is 5.31. The first-order valence-corrected chi connectivity index (χ1v) is 8.26. The Morgan fingerprint density at radius 1 is 1.08 bits per heavy atom. The molecule has 2 aromatic carbocycles. The fourth-order valence-corrected chi connectivity index (χ4v) is 2.68. The molecule has 0 bridgehead atoms. The SMILES string of the molecule is COc1ccc2[nH]c(CNC(=O)CCC(=O)c3ccc(F)cc3)cc2c1. The van der Waals surface area contributed by atoms with E-state index in [1.54, 1.807) is 7.11 Å². The molecule has 26 heavy (non-hydrogen) atoms. The van der Waals surface area contributed by atoms with Gasteiger partial charge >= 0.3 is 0 Å². The van der Waals surface area contributed by atoms with Gasteiger partial charge in [0.2, 0.25) is 5.91 Å². The minimum absolute atomic E-state index is 0.0847. The van der Waals surface area contributed by atoms with Crippen LogP contribution in [0.3, 0.4) is 0 Å². The van der Waals surface area contributed by atoms with Gasteiger partial charge in [-0.1, -0.05) is 0 Å². The second kappa shape index (κ2) is 7.82. The van der Waals surface area contributed by atoms with Crippen LogP contribution >= 0.6 is 0 Å². The number of H-pyrrole nitrogens is 1. The van der Waals surface area contributed by atoms with E-state index in [-0.39, 0.29) is 24.5 Å². The molecule has 0 aliphatic carbocycles. The third-order valence-electron chi connectivity index (χ3n) is 4.11. The number of hydrogen-bond donors (Lipinski definition) is 2. The smallest absolute Gasteiger partial charge is 0.220 e. The molecule has 0 saturated heterocycles. The van der Waals surface area contributed by atoms with Crippen LogP contribution in [0.5, 0.6) is 5.75 Å². The topological polar surface area (TPSA) is 71.2 Å². The minimum Gasteiger partial charge on any atom is -0.497 e. The summed E-state index contributed by atoms with van der Waals surface area (Å²) in [5.41, 5.74) is 2.23. The van der Waals surface area contributed by atoms with Gasteiger partial charge in [0.05, 0.1) is 13.7 Å². The van der Waals surface area contributed by atoms with E-state index in [4.69, 9.17) is 4.74 Å². The van der Waals surface area contributed by atoms with Crippen molar-refractivity contribution in [2.45, 2.75) is 19.4 Å². The van der Waals surface area contributed by atoms with Crippen molar-refractivity contribution in [3.8, 4) is 5.75 Å². The van der Waals surface area contributed by atoms with E-state index in [1.165, 1.54) is 24.3 Å². The third-order valence-corrected chi connectivity index (χ3v) is 4.11. The second-order valence-electron chi connectivity index (χ2n) is 5.95. The number of carbonyl (C=O) groups is 2. The van der Waals surface area contributed by atoms with Crippen molar-refractivity contribution in [2.75, 3.05) is 7.11 Å². The van der Waals surface area contributed by atoms with Gasteiger partial charge in [-0.15, -0.1) is 0 Å². The average molecular weight is 354 g/mol. The lowest BCUT2D eigenvalue weighted by molar-refractivity contribution is -0.121. The number of amides is 1. The summed E-state index contributed by atoms with van der Waals surface area (Å²) in [6, 6.07) is 13.0. The summed E-state index contributed by atoms with van der Waals surface area (Å²) in [4.78, 5) is 27.2. The lowest BCUT2D eigenvalue weighted by Gasteiger charge is -2.04. The second-order valence-corrected chi connectivity index (χ2v) is 5.95. The number of hydrogen-bond acceptors (Lipinski definition) is 3. The molecule has 3 rings (SSSR count). The summed E-state index contributed by atoms with van der Waals surface area (Å²) < 4.78 is 18.1. The molecule has 0 saturated carbocycles. The zero-order valence-corrected chi connectivity index (χ0v) is 14.3. The summed E-state index contributed by atoms with van der Waals surface area (Å²) >= 11 is 0. The number of ether oxygens (including phenoxy) is 1. The van der Waals surface area contributed by atoms with Crippen LogP contribution in [0.2, 0.25) is 0 Å². The van der Waals surface area contributed by atoms with Crippen LogP contribution in [0.15, 0.2) is 48.5 Å². The highest BCUT2D eigenvalue weighted by Gasteiger charge is 2.10. The molecule has 3 aromatic rings.